The molecule has 0 radical (unpaired) electrons. The van der Waals surface area contributed by atoms with Crippen molar-refractivity contribution in [1.82, 2.24) is 9.03 Å². The molecule has 0 aromatic heterocycles. The first-order chi connectivity index (χ1) is 10.1. The molecule has 2 fully saturated rings. The highest BCUT2D eigenvalue weighted by atomic mass is 32.2. The average Bonchev–Trinajstić information content (AvgIpc) is 2.49. The van der Waals surface area contributed by atoms with Crippen LogP contribution < -0.4 is 4.72 Å². The minimum atomic E-state index is -3.45. The molecule has 2 aliphatic rings. The molecule has 1 atom stereocenters. The molecule has 2 rings (SSSR count). The van der Waals surface area contributed by atoms with E-state index in [1.807, 2.05) is 0 Å². The summed E-state index contributed by atoms with van der Waals surface area (Å²) in [5.41, 5.74) is 0. The largest absolute Gasteiger partial charge is 0.395 e. The molecule has 1 aliphatic carbocycles. The number of rotatable bonds is 6. The maximum atomic E-state index is 12.5. The molecule has 2 N–H and O–H groups in total. The van der Waals surface area contributed by atoms with Crippen molar-refractivity contribution in [3.63, 3.8) is 0 Å². The van der Waals surface area contributed by atoms with Crippen molar-refractivity contribution >= 4 is 10.2 Å². The van der Waals surface area contributed by atoms with Gasteiger partial charge >= 0.3 is 0 Å². The van der Waals surface area contributed by atoms with Crippen molar-refractivity contribution in [3.05, 3.63) is 0 Å². The Bertz CT molecular complexity index is 405. The summed E-state index contributed by atoms with van der Waals surface area (Å²) in [6.45, 7) is 2.66. The van der Waals surface area contributed by atoms with Crippen LogP contribution in [0.5, 0.6) is 0 Å². The summed E-state index contributed by atoms with van der Waals surface area (Å²) in [6, 6.07) is -0.169. The molecule has 1 saturated carbocycles. The monoisotopic (exact) mass is 318 g/mol. The number of nitrogens with one attached hydrogen (secondary N) is 1. The SMILES string of the molecule is CCCC1CCC(NS(=O)(=O)N2CCCCC2CO)CC1. The molecule has 1 aliphatic heterocycles. The lowest BCUT2D eigenvalue weighted by Crippen LogP contribution is -2.53. The Morgan fingerprint density at radius 2 is 1.86 bits per heavy atom. The van der Waals surface area contributed by atoms with Gasteiger partial charge in [-0.3, -0.25) is 0 Å². The second-order valence-corrected chi connectivity index (χ2v) is 8.23. The van der Waals surface area contributed by atoms with Crippen molar-refractivity contribution in [3.8, 4) is 0 Å². The van der Waals surface area contributed by atoms with Crippen LogP contribution in [-0.4, -0.2) is 43.1 Å². The quantitative estimate of drug-likeness (QED) is 0.787. The van der Waals surface area contributed by atoms with Crippen LogP contribution in [0.1, 0.15) is 64.7 Å². The fraction of sp³-hybridized carbons (Fsp3) is 1.00. The summed E-state index contributed by atoms with van der Waals surface area (Å²) in [4.78, 5) is 0. The molecule has 1 heterocycles. The summed E-state index contributed by atoms with van der Waals surface area (Å²) < 4.78 is 29.4. The van der Waals surface area contributed by atoms with E-state index in [-0.39, 0.29) is 18.7 Å². The number of aliphatic hydroxyl groups is 1. The minimum Gasteiger partial charge on any atom is -0.395 e. The van der Waals surface area contributed by atoms with Gasteiger partial charge in [0.2, 0.25) is 0 Å². The van der Waals surface area contributed by atoms with Gasteiger partial charge in [-0.15, -0.1) is 0 Å². The second kappa shape index (κ2) is 7.90. The van der Waals surface area contributed by atoms with Crippen LogP contribution in [0.4, 0.5) is 0 Å². The summed E-state index contributed by atoms with van der Waals surface area (Å²) >= 11 is 0. The minimum absolute atomic E-state index is 0.0735. The van der Waals surface area contributed by atoms with Gasteiger partial charge in [-0.05, 0) is 44.4 Å². The Kier molecular flexibility index (Phi) is 6.47. The van der Waals surface area contributed by atoms with Crippen LogP contribution in [0, 0.1) is 5.92 Å². The van der Waals surface area contributed by atoms with E-state index >= 15 is 0 Å². The highest BCUT2D eigenvalue weighted by molar-refractivity contribution is 7.87. The van der Waals surface area contributed by atoms with Gasteiger partial charge in [0.1, 0.15) is 0 Å². The standard InChI is InChI=1S/C15H30N2O3S/c1-2-5-13-7-9-14(10-8-13)16-21(19,20)17-11-4-3-6-15(17)12-18/h13-16,18H,2-12H2,1H3. The molecular formula is C15H30N2O3S. The van der Waals surface area contributed by atoms with Gasteiger partial charge in [-0.2, -0.15) is 17.4 Å². The van der Waals surface area contributed by atoms with Crippen molar-refractivity contribution in [1.29, 1.82) is 0 Å². The number of hydrogen-bond donors (Lipinski definition) is 2. The molecule has 0 bridgehead atoms. The van der Waals surface area contributed by atoms with Crippen molar-refractivity contribution in [2.75, 3.05) is 13.2 Å². The van der Waals surface area contributed by atoms with E-state index in [1.54, 1.807) is 0 Å². The first-order valence-corrected chi connectivity index (χ1v) is 9.90. The number of piperidine rings is 1. The summed E-state index contributed by atoms with van der Waals surface area (Å²) in [5.74, 6) is 0.774. The zero-order valence-corrected chi connectivity index (χ0v) is 13.9. The zero-order valence-electron chi connectivity index (χ0n) is 13.1. The molecule has 5 nitrogen and oxygen atoms in total. The van der Waals surface area contributed by atoms with Crippen LogP contribution in [0.25, 0.3) is 0 Å². The lowest BCUT2D eigenvalue weighted by Gasteiger charge is -2.36. The average molecular weight is 318 g/mol. The summed E-state index contributed by atoms with van der Waals surface area (Å²) in [6.07, 6.45) is 9.28. The Hall–Kier alpha value is -0.170. The smallest absolute Gasteiger partial charge is 0.280 e. The van der Waals surface area contributed by atoms with Crippen molar-refractivity contribution in [2.24, 2.45) is 5.92 Å². The van der Waals surface area contributed by atoms with Gasteiger partial charge in [0.25, 0.3) is 10.2 Å². The summed E-state index contributed by atoms with van der Waals surface area (Å²) in [7, 11) is -3.45. The molecule has 1 saturated heterocycles. The summed E-state index contributed by atoms with van der Waals surface area (Å²) in [5, 5.41) is 9.39. The number of nitrogens with zero attached hydrogens (tertiary/aromatic N) is 1. The molecule has 124 valence electrons. The third-order valence-electron chi connectivity index (χ3n) is 4.95. The zero-order chi connectivity index (χ0) is 15.3. The van der Waals surface area contributed by atoms with Crippen LogP contribution in [0.3, 0.4) is 0 Å². The fourth-order valence-corrected chi connectivity index (χ4v) is 5.45. The Morgan fingerprint density at radius 1 is 1.14 bits per heavy atom. The molecule has 0 aromatic rings. The molecule has 0 amide bonds. The first-order valence-electron chi connectivity index (χ1n) is 8.46. The van der Waals surface area contributed by atoms with E-state index in [0.717, 1.165) is 50.9 Å². The van der Waals surface area contributed by atoms with E-state index in [2.05, 4.69) is 11.6 Å². The van der Waals surface area contributed by atoms with E-state index in [1.165, 1.54) is 17.1 Å². The van der Waals surface area contributed by atoms with E-state index in [9.17, 15) is 13.5 Å². The van der Waals surface area contributed by atoms with Gasteiger partial charge in [-0.25, -0.2) is 0 Å². The predicted molar refractivity (Wildman–Crippen MR) is 84.1 cm³/mol. The van der Waals surface area contributed by atoms with Crippen LogP contribution in [0.2, 0.25) is 0 Å². The van der Waals surface area contributed by atoms with Gasteiger partial charge < -0.3 is 5.11 Å². The van der Waals surface area contributed by atoms with E-state index in [0.29, 0.717) is 6.54 Å². The van der Waals surface area contributed by atoms with Crippen LogP contribution >= 0.6 is 0 Å². The maximum absolute atomic E-state index is 12.5. The third-order valence-corrected chi connectivity index (χ3v) is 6.68. The lowest BCUT2D eigenvalue weighted by atomic mass is 9.84. The second-order valence-electron chi connectivity index (χ2n) is 6.57. The fourth-order valence-electron chi connectivity index (χ4n) is 3.73. The number of aliphatic hydroxyl groups excluding tert-OH is 1. The topological polar surface area (TPSA) is 69.6 Å². The highest BCUT2D eigenvalue weighted by Crippen LogP contribution is 2.29. The third kappa shape index (κ3) is 4.65. The van der Waals surface area contributed by atoms with Gasteiger partial charge in [0.15, 0.2) is 0 Å². The van der Waals surface area contributed by atoms with E-state index < -0.39 is 10.2 Å². The van der Waals surface area contributed by atoms with Crippen molar-refractivity contribution < 1.29 is 13.5 Å². The molecule has 21 heavy (non-hydrogen) atoms. The van der Waals surface area contributed by atoms with Gasteiger partial charge in [0, 0.05) is 18.6 Å². The van der Waals surface area contributed by atoms with Gasteiger partial charge in [-0.1, -0.05) is 26.2 Å². The predicted octanol–water partition coefficient (Wildman–Crippen LogP) is 2.03. The first kappa shape index (κ1) is 17.2. The highest BCUT2D eigenvalue weighted by Gasteiger charge is 2.34. The molecular weight excluding hydrogens is 288 g/mol. The van der Waals surface area contributed by atoms with Crippen molar-refractivity contribution in [2.45, 2.75) is 76.8 Å². The van der Waals surface area contributed by atoms with Crippen LogP contribution in [0.15, 0.2) is 0 Å². The number of hydrogen-bond acceptors (Lipinski definition) is 3. The van der Waals surface area contributed by atoms with Crippen LogP contribution in [-0.2, 0) is 10.2 Å². The normalized spacial score (nSPS) is 32.2. The molecule has 1 unspecified atom stereocenters. The Balaban J connectivity index is 1.89. The Morgan fingerprint density at radius 3 is 2.48 bits per heavy atom. The molecule has 0 spiro atoms. The maximum Gasteiger partial charge on any atom is 0.280 e. The van der Waals surface area contributed by atoms with E-state index in [4.69, 9.17) is 0 Å². The molecule has 0 aromatic carbocycles. The Labute approximate surface area is 129 Å². The van der Waals surface area contributed by atoms with Gasteiger partial charge in [0.05, 0.1) is 6.61 Å². The lowest BCUT2D eigenvalue weighted by molar-refractivity contribution is 0.152. The molecule has 6 heteroatoms.